The van der Waals surface area contributed by atoms with Crippen molar-refractivity contribution in [2.75, 3.05) is 0 Å². The summed E-state index contributed by atoms with van der Waals surface area (Å²) in [6, 6.07) is 23.3. The van der Waals surface area contributed by atoms with Crippen molar-refractivity contribution in [2.24, 2.45) is 0 Å². The zero-order valence-corrected chi connectivity index (χ0v) is 11.8. The third-order valence-electron chi connectivity index (χ3n) is 3.76. The predicted molar refractivity (Wildman–Crippen MR) is 88.6 cm³/mol. The van der Waals surface area contributed by atoms with Crippen LogP contribution < -0.4 is 0 Å². The number of phenolic OH excluding ortho intramolecular Hbond substituents is 1. The molecule has 1 heterocycles. The molecule has 0 spiro atoms. The molecule has 1 aromatic heterocycles. The number of H-pyrrole nitrogens is 1. The van der Waals surface area contributed by atoms with Gasteiger partial charge < -0.3 is 10.1 Å². The molecule has 0 aliphatic carbocycles. The van der Waals surface area contributed by atoms with Gasteiger partial charge >= 0.3 is 0 Å². The van der Waals surface area contributed by atoms with Crippen molar-refractivity contribution in [3.63, 3.8) is 0 Å². The van der Waals surface area contributed by atoms with E-state index in [1.807, 2.05) is 66.7 Å². The van der Waals surface area contributed by atoms with E-state index >= 15 is 0 Å². The van der Waals surface area contributed by atoms with Crippen LogP contribution in [0.3, 0.4) is 0 Å². The van der Waals surface area contributed by atoms with Crippen LogP contribution in [0.1, 0.15) is 0 Å². The van der Waals surface area contributed by atoms with Crippen LogP contribution in [-0.2, 0) is 0 Å². The molecule has 3 nitrogen and oxygen atoms in total. The summed E-state index contributed by atoms with van der Waals surface area (Å²) in [6.07, 6.45) is 0. The SMILES string of the molecule is Oc1ccccc1-c1ccc(-c2nc3ccccc3[nH]2)cc1. The van der Waals surface area contributed by atoms with E-state index in [1.54, 1.807) is 6.07 Å². The average Bonchev–Trinajstić information content (AvgIpc) is 2.99. The summed E-state index contributed by atoms with van der Waals surface area (Å²) >= 11 is 0. The molecule has 0 saturated heterocycles. The summed E-state index contributed by atoms with van der Waals surface area (Å²) in [5.74, 6) is 1.14. The van der Waals surface area contributed by atoms with E-state index in [-0.39, 0.29) is 0 Å². The number of hydrogen-bond donors (Lipinski definition) is 2. The lowest BCUT2D eigenvalue weighted by molar-refractivity contribution is 0.477. The molecule has 0 unspecified atom stereocenters. The van der Waals surface area contributed by atoms with Gasteiger partial charge in [-0.15, -0.1) is 0 Å². The Labute approximate surface area is 127 Å². The average molecular weight is 286 g/mol. The zero-order valence-electron chi connectivity index (χ0n) is 11.8. The maximum absolute atomic E-state index is 9.93. The third kappa shape index (κ3) is 2.13. The van der Waals surface area contributed by atoms with Gasteiger partial charge in [-0.3, -0.25) is 0 Å². The third-order valence-corrected chi connectivity index (χ3v) is 3.76. The van der Waals surface area contributed by atoms with Gasteiger partial charge in [-0.1, -0.05) is 54.6 Å². The second-order valence-electron chi connectivity index (χ2n) is 5.20. The quantitative estimate of drug-likeness (QED) is 0.565. The van der Waals surface area contributed by atoms with Gasteiger partial charge in [-0.05, 0) is 23.8 Å². The smallest absolute Gasteiger partial charge is 0.138 e. The van der Waals surface area contributed by atoms with E-state index in [4.69, 9.17) is 0 Å². The topological polar surface area (TPSA) is 48.9 Å². The molecule has 3 aromatic carbocycles. The van der Waals surface area contributed by atoms with E-state index in [0.29, 0.717) is 5.75 Å². The summed E-state index contributed by atoms with van der Waals surface area (Å²) in [7, 11) is 0. The molecule has 0 aliphatic heterocycles. The predicted octanol–water partition coefficient (Wildman–Crippen LogP) is 4.60. The first kappa shape index (κ1) is 12.7. The number of hydrogen-bond acceptors (Lipinski definition) is 2. The number of aromatic hydroxyl groups is 1. The highest BCUT2D eigenvalue weighted by molar-refractivity contribution is 5.80. The number of para-hydroxylation sites is 3. The highest BCUT2D eigenvalue weighted by Crippen LogP contribution is 2.30. The van der Waals surface area contributed by atoms with E-state index in [9.17, 15) is 5.11 Å². The number of imidazole rings is 1. The molecule has 0 aliphatic rings. The molecule has 0 fully saturated rings. The van der Waals surface area contributed by atoms with Gasteiger partial charge in [0.1, 0.15) is 11.6 Å². The standard InChI is InChI=1S/C19H14N2O/c22-18-8-4-1-5-15(18)13-9-11-14(12-10-13)19-20-16-6-2-3-7-17(16)21-19/h1-12,22H,(H,20,21). The molecule has 0 saturated carbocycles. The Morgan fingerprint density at radius 1 is 0.727 bits per heavy atom. The summed E-state index contributed by atoms with van der Waals surface area (Å²) in [5.41, 5.74) is 4.83. The van der Waals surface area contributed by atoms with Crippen LogP contribution in [0.5, 0.6) is 5.75 Å². The molecule has 0 atom stereocenters. The summed E-state index contributed by atoms with van der Waals surface area (Å²) < 4.78 is 0. The molecule has 3 heteroatoms. The van der Waals surface area contributed by atoms with E-state index in [2.05, 4.69) is 9.97 Å². The van der Waals surface area contributed by atoms with Gasteiger partial charge in [0.25, 0.3) is 0 Å². The van der Waals surface area contributed by atoms with Crippen LogP contribution in [0, 0.1) is 0 Å². The number of fused-ring (bicyclic) bond motifs is 1. The normalized spacial score (nSPS) is 10.9. The van der Waals surface area contributed by atoms with Crippen molar-refractivity contribution in [3.05, 3.63) is 72.8 Å². The number of aromatic amines is 1. The molecule has 4 aromatic rings. The van der Waals surface area contributed by atoms with Gasteiger partial charge in [-0.2, -0.15) is 0 Å². The Hall–Kier alpha value is -3.07. The lowest BCUT2D eigenvalue weighted by Gasteiger charge is -2.05. The molecule has 4 rings (SSSR count). The van der Waals surface area contributed by atoms with Gasteiger partial charge in [-0.25, -0.2) is 4.98 Å². The molecule has 0 radical (unpaired) electrons. The fourth-order valence-electron chi connectivity index (χ4n) is 2.61. The molecular weight excluding hydrogens is 272 g/mol. The van der Waals surface area contributed by atoms with Crippen molar-refractivity contribution in [2.45, 2.75) is 0 Å². The maximum atomic E-state index is 9.93. The molecular formula is C19H14N2O. The minimum Gasteiger partial charge on any atom is -0.507 e. The highest BCUT2D eigenvalue weighted by Gasteiger charge is 2.07. The number of nitrogens with zero attached hydrogens (tertiary/aromatic N) is 1. The first-order valence-electron chi connectivity index (χ1n) is 7.15. The van der Waals surface area contributed by atoms with Gasteiger partial charge in [0.05, 0.1) is 11.0 Å². The fraction of sp³-hybridized carbons (Fsp3) is 0. The monoisotopic (exact) mass is 286 g/mol. The van der Waals surface area contributed by atoms with Crippen LogP contribution in [0.4, 0.5) is 0 Å². The van der Waals surface area contributed by atoms with Crippen molar-refractivity contribution >= 4 is 11.0 Å². The summed E-state index contributed by atoms with van der Waals surface area (Å²) in [4.78, 5) is 7.92. The second kappa shape index (κ2) is 5.04. The lowest BCUT2D eigenvalue weighted by atomic mass is 10.0. The van der Waals surface area contributed by atoms with Crippen molar-refractivity contribution in [3.8, 4) is 28.3 Å². The molecule has 0 amide bonds. The van der Waals surface area contributed by atoms with Crippen LogP contribution in [0.15, 0.2) is 72.8 Å². The lowest BCUT2D eigenvalue weighted by Crippen LogP contribution is -1.82. The van der Waals surface area contributed by atoms with E-state index in [0.717, 1.165) is 33.5 Å². The van der Waals surface area contributed by atoms with Crippen LogP contribution >= 0.6 is 0 Å². The van der Waals surface area contributed by atoms with E-state index < -0.39 is 0 Å². The number of aromatic nitrogens is 2. The number of nitrogens with one attached hydrogen (secondary N) is 1. The minimum absolute atomic E-state index is 0.291. The molecule has 0 bridgehead atoms. The van der Waals surface area contributed by atoms with E-state index in [1.165, 1.54) is 0 Å². The first-order valence-corrected chi connectivity index (χ1v) is 7.15. The number of rotatable bonds is 2. The summed E-state index contributed by atoms with van der Waals surface area (Å²) in [6.45, 7) is 0. The molecule has 106 valence electrons. The summed E-state index contributed by atoms with van der Waals surface area (Å²) in [5, 5.41) is 9.93. The van der Waals surface area contributed by atoms with Crippen molar-refractivity contribution in [1.29, 1.82) is 0 Å². The largest absolute Gasteiger partial charge is 0.507 e. The fourth-order valence-corrected chi connectivity index (χ4v) is 2.61. The van der Waals surface area contributed by atoms with Gasteiger partial charge in [0.2, 0.25) is 0 Å². The Kier molecular flexibility index (Phi) is 2.90. The second-order valence-corrected chi connectivity index (χ2v) is 5.20. The zero-order chi connectivity index (χ0) is 14.9. The number of benzene rings is 3. The van der Waals surface area contributed by atoms with Crippen LogP contribution in [0.2, 0.25) is 0 Å². The Balaban J connectivity index is 1.74. The van der Waals surface area contributed by atoms with Crippen molar-refractivity contribution in [1.82, 2.24) is 9.97 Å². The van der Waals surface area contributed by atoms with Crippen LogP contribution in [-0.4, -0.2) is 15.1 Å². The molecule has 2 N–H and O–H groups in total. The minimum atomic E-state index is 0.291. The Bertz CT molecular complexity index is 906. The number of phenols is 1. The van der Waals surface area contributed by atoms with Gasteiger partial charge in [0.15, 0.2) is 0 Å². The van der Waals surface area contributed by atoms with Crippen molar-refractivity contribution < 1.29 is 5.11 Å². The van der Waals surface area contributed by atoms with Gasteiger partial charge in [0, 0.05) is 11.1 Å². The highest BCUT2D eigenvalue weighted by atomic mass is 16.3. The molecule has 22 heavy (non-hydrogen) atoms. The maximum Gasteiger partial charge on any atom is 0.138 e. The Morgan fingerprint density at radius 3 is 2.18 bits per heavy atom. The van der Waals surface area contributed by atoms with Crippen LogP contribution in [0.25, 0.3) is 33.5 Å². The Morgan fingerprint density at radius 2 is 1.41 bits per heavy atom. The first-order chi connectivity index (χ1) is 10.8.